The van der Waals surface area contributed by atoms with Gasteiger partial charge in [0.25, 0.3) is 5.69 Å². The Hall–Kier alpha value is -1.71. The molecule has 1 atom stereocenters. The zero-order valence-corrected chi connectivity index (χ0v) is 12.9. The van der Waals surface area contributed by atoms with Crippen LogP contribution >= 0.6 is 0 Å². The van der Waals surface area contributed by atoms with Gasteiger partial charge in [-0.15, -0.1) is 0 Å². The first kappa shape index (κ1) is 17.3. The first-order valence-electron chi connectivity index (χ1n) is 6.35. The number of benzene rings is 1. The first-order chi connectivity index (χ1) is 9.81. The minimum atomic E-state index is -3.83. The van der Waals surface area contributed by atoms with E-state index in [4.69, 9.17) is 4.74 Å². The fourth-order valence-electron chi connectivity index (χ4n) is 1.79. The SMILES string of the molecule is CCNc1ccc(S(=O)(=O)N[C@@H](C)COC)cc1[N+](=O)[O-]. The van der Waals surface area contributed by atoms with E-state index in [1.165, 1.54) is 19.2 Å². The van der Waals surface area contributed by atoms with E-state index in [-0.39, 0.29) is 22.9 Å². The van der Waals surface area contributed by atoms with Gasteiger partial charge in [-0.25, -0.2) is 13.1 Å². The molecule has 0 amide bonds. The summed E-state index contributed by atoms with van der Waals surface area (Å²) in [6.07, 6.45) is 0. The lowest BCUT2D eigenvalue weighted by molar-refractivity contribution is -0.384. The zero-order valence-electron chi connectivity index (χ0n) is 12.1. The van der Waals surface area contributed by atoms with E-state index in [0.717, 1.165) is 6.07 Å². The first-order valence-corrected chi connectivity index (χ1v) is 7.83. The average Bonchev–Trinajstić information content (AvgIpc) is 2.38. The standard InChI is InChI=1S/C12H19N3O5S/c1-4-13-11-6-5-10(7-12(11)15(16)17)21(18,19)14-9(2)8-20-3/h5-7,9,13-14H,4,8H2,1-3H3/t9-/m0/s1. The molecule has 2 N–H and O–H groups in total. The van der Waals surface area contributed by atoms with Crippen molar-refractivity contribution in [2.75, 3.05) is 25.6 Å². The molecule has 0 saturated heterocycles. The Balaban J connectivity index is 3.13. The lowest BCUT2D eigenvalue weighted by Gasteiger charge is -2.13. The molecule has 0 spiro atoms. The smallest absolute Gasteiger partial charge is 0.293 e. The van der Waals surface area contributed by atoms with Crippen LogP contribution in [0.5, 0.6) is 0 Å². The Bertz CT molecular complexity index is 603. The largest absolute Gasteiger partial charge is 0.383 e. The molecule has 0 saturated carbocycles. The third-order valence-corrected chi connectivity index (χ3v) is 4.20. The maximum atomic E-state index is 12.2. The molecule has 0 heterocycles. The number of methoxy groups -OCH3 is 1. The van der Waals surface area contributed by atoms with Crippen LogP contribution in [0, 0.1) is 10.1 Å². The molecule has 1 aromatic rings. The van der Waals surface area contributed by atoms with Crippen LogP contribution in [-0.2, 0) is 14.8 Å². The van der Waals surface area contributed by atoms with Gasteiger partial charge in [0.05, 0.1) is 16.4 Å². The molecule has 9 heteroatoms. The molecule has 0 aromatic heterocycles. The topological polar surface area (TPSA) is 111 Å². The maximum absolute atomic E-state index is 12.2. The summed E-state index contributed by atoms with van der Waals surface area (Å²) in [6.45, 7) is 4.14. The second-order valence-corrected chi connectivity index (χ2v) is 6.16. The van der Waals surface area contributed by atoms with Gasteiger partial charge in [0.1, 0.15) is 5.69 Å². The van der Waals surface area contributed by atoms with Gasteiger partial charge in [-0.2, -0.15) is 0 Å². The fourth-order valence-corrected chi connectivity index (χ4v) is 3.03. The van der Waals surface area contributed by atoms with Gasteiger partial charge in [0, 0.05) is 25.8 Å². The Morgan fingerprint density at radius 1 is 1.43 bits per heavy atom. The van der Waals surface area contributed by atoms with Gasteiger partial charge in [-0.05, 0) is 26.0 Å². The van der Waals surface area contributed by atoms with Crippen LogP contribution in [0.2, 0.25) is 0 Å². The van der Waals surface area contributed by atoms with E-state index in [1.807, 2.05) is 0 Å². The highest BCUT2D eigenvalue weighted by molar-refractivity contribution is 7.89. The van der Waals surface area contributed by atoms with Crippen molar-refractivity contribution in [2.24, 2.45) is 0 Å². The lowest BCUT2D eigenvalue weighted by Crippen LogP contribution is -2.35. The molecular weight excluding hydrogens is 298 g/mol. The molecule has 1 aromatic carbocycles. The molecule has 118 valence electrons. The van der Waals surface area contributed by atoms with Crippen LogP contribution in [0.15, 0.2) is 23.1 Å². The van der Waals surface area contributed by atoms with E-state index in [2.05, 4.69) is 10.0 Å². The van der Waals surface area contributed by atoms with E-state index in [0.29, 0.717) is 6.54 Å². The summed E-state index contributed by atoms with van der Waals surface area (Å²) in [5.41, 5.74) is 0.00510. The Morgan fingerprint density at radius 2 is 2.10 bits per heavy atom. The van der Waals surface area contributed by atoms with E-state index >= 15 is 0 Å². The van der Waals surface area contributed by atoms with Crippen molar-refractivity contribution in [3.8, 4) is 0 Å². The molecule has 0 fully saturated rings. The van der Waals surface area contributed by atoms with Crippen LogP contribution in [-0.4, -0.2) is 39.6 Å². The number of hydrogen-bond acceptors (Lipinski definition) is 6. The second-order valence-electron chi connectivity index (χ2n) is 4.44. The van der Waals surface area contributed by atoms with E-state index < -0.39 is 21.0 Å². The third kappa shape index (κ3) is 4.66. The van der Waals surface area contributed by atoms with Crippen LogP contribution in [0.3, 0.4) is 0 Å². The van der Waals surface area contributed by atoms with Crippen LogP contribution in [0.4, 0.5) is 11.4 Å². The number of anilines is 1. The Morgan fingerprint density at radius 3 is 2.62 bits per heavy atom. The quantitative estimate of drug-likeness (QED) is 0.553. The summed E-state index contributed by atoms with van der Waals surface area (Å²) in [5, 5.41) is 13.9. The molecule has 21 heavy (non-hydrogen) atoms. The number of nitro benzene ring substituents is 1. The molecule has 0 aliphatic heterocycles. The number of nitrogens with one attached hydrogen (secondary N) is 2. The van der Waals surface area contributed by atoms with E-state index in [9.17, 15) is 18.5 Å². The van der Waals surface area contributed by atoms with Crippen molar-refractivity contribution in [1.29, 1.82) is 0 Å². The molecule has 8 nitrogen and oxygen atoms in total. The van der Waals surface area contributed by atoms with Crippen LogP contribution < -0.4 is 10.0 Å². The number of nitro groups is 1. The molecule has 1 rings (SSSR count). The number of sulfonamides is 1. The van der Waals surface area contributed by atoms with Gasteiger partial charge in [0.2, 0.25) is 10.0 Å². The minimum Gasteiger partial charge on any atom is -0.383 e. The van der Waals surface area contributed by atoms with Crippen molar-refractivity contribution in [3.05, 3.63) is 28.3 Å². The van der Waals surface area contributed by atoms with Crippen molar-refractivity contribution in [3.63, 3.8) is 0 Å². The highest BCUT2D eigenvalue weighted by Crippen LogP contribution is 2.27. The molecule has 0 radical (unpaired) electrons. The third-order valence-electron chi connectivity index (χ3n) is 2.62. The van der Waals surface area contributed by atoms with Crippen molar-refractivity contribution < 1.29 is 18.1 Å². The van der Waals surface area contributed by atoms with Gasteiger partial charge in [0.15, 0.2) is 0 Å². The Labute approximate surface area is 123 Å². The van der Waals surface area contributed by atoms with Gasteiger partial charge in [-0.1, -0.05) is 0 Å². The molecule has 0 aliphatic carbocycles. The highest BCUT2D eigenvalue weighted by atomic mass is 32.2. The molecule has 0 bridgehead atoms. The van der Waals surface area contributed by atoms with Gasteiger partial charge < -0.3 is 10.1 Å². The minimum absolute atomic E-state index is 0.154. The summed E-state index contributed by atoms with van der Waals surface area (Å²) < 4.78 is 31.6. The Kier molecular flexibility index (Phi) is 6.06. The summed E-state index contributed by atoms with van der Waals surface area (Å²) >= 11 is 0. The normalized spacial score (nSPS) is 12.9. The molecule has 0 unspecified atom stereocenters. The number of hydrogen-bond donors (Lipinski definition) is 2. The van der Waals surface area contributed by atoms with Crippen molar-refractivity contribution in [1.82, 2.24) is 4.72 Å². The summed E-state index contributed by atoms with van der Waals surface area (Å²) in [7, 11) is -2.37. The highest BCUT2D eigenvalue weighted by Gasteiger charge is 2.22. The van der Waals surface area contributed by atoms with Crippen molar-refractivity contribution in [2.45, 2.75) is 24.8 Å². The predicted octanol–water partition coefficient (Wildman–Crippen LogP) is 1.34. The maximum Gasteiger partial charge on any atom is 0.293 e. The van der Waals surface area contributed by atoms with Crippen LogP contribution in [0.25, 0.3) is 0 Å². The van der Waals surface area contributed by atoms with E-state index in [1.54, 1.807) is 13.8 Å². The fraction of sp³-hybridized carbons (Fsp3) is 0.500. The lowest BCUT2D eigenvalue weighted by atomic mass is 10.2. The number of nitrogens with zero attached hydrogens (tertiary/aromatic N) is 1. The zero-order chi connectivity index (χ0) is 16.0. The number of rotatable bonds is 8. The van der Waals surface area contributed by atoms with Gasteiger partial charge in [-0.3, -0.25) is 10.1 Å². The summed E-state index contributed by atoms with van der Waals surface area (Å²) in [6, 6.07) is 3.32. The van der Waals surface area contributed by atoms with Gasteiger partial charge >= 0.3 is 0 Å². The molecular formula is C12H19N3O5S. The van der Waals surface area contributed by atoms with Crippen LogP contribution in [0.1, 0.15) is 13.8 Å². The summed E-state index contributed by atoms with van der Waals surface area (Å²) in [5.74, 6) is 0. The monoisotopic (exact) mass is 317 g/mol. The van der Waals surface area contributed by atoms with Crippen molar-refractivity contribution >= 4 is 21.4 Å². The predicted molar refractivity (Wildman–Crippen MR) is 78.9 cm³/mol. The average molecular weight is 317 g/mol. The summed E-state index contributed by atoms with van der Waals surface area (Å²) in [4.78, 5) is 10.3. The second kappa shape index (κ2) is 7.34. The number of ether oxygens (including phenoxy) is 1. The molecule has 0 aliphatic rings.